The average Bonchev–Trinajstić information content (AvgIpc) is 2.79. The molecule has 0 saturated heterocycles. The van der Waals surface area contributed by atoms with Gasteiger partial charge in [-0.1, -0.05) is 29.8 Å². The van der Waals surface area contributed by atoms with E-state index in [9.17, 15) is 19.8 Å². The minimum Gasteiger partial charge on any atom is -0.478 e. The minimum absolute atomic E-state index is 0.0973. The number of carboxylic acids is 2. The Kier molecular flexibility index (Phi) is 5.24. The van der Waals surface area contributed by atoms with Crippen LogP contribution >= 0.6 is 0 Å². The van der Waals surface area contributed by atoms with Gasteiger partial charge in [0.25, 0.3) is 0 Å². The van der Waals surface area contributed by atoms with Crippen LogP contribution in [0.4, 0.5) is 0 Å². The molecular weight excluding hydrogens is 394 g/mol. The lowest BCUT2D eigenvalue weighted by molar-refractivity contribution is 0.0686. The first-order valence-corrected chi connectivity index (χ1v) is 9.39. The number of nitrogens with zero attached hydrogens (tertiary/aromatic N) is 3. The Balaban J connectivity index is 1.92. The van der Waals surface area contributed by atoms with Crippen LogP contribution in [-0.2, 0) is 0 Å². The quantitative estimate of drug-likeness (QED) is 0.494. The molecule has 0 unspecified atom stereocenters. The summed E-state index contributed by atoms with van der Waals surface area (Å²) in [6.07, 6.45) is 2.84. The molecule has 0 atom stereocenters. The van der Waals surface area contributed by atoms with Gasteiger partial charge in [0.05, 0.1) is 33.9 Å². The topological polar surface area (TPSA) is 113 Å². The standard InChI is InChI=1S/C24H17N3O4/c1-14-2-4-15(5-3-14)18-12-21(19-10-16(23(28)29)6-8-25-19)27-22(13-18)20-11-17(24(30)31)7-9-26-20/h2-13H,1H3,(H,28,29)(H,30,31). The van der Waals surface area contributed by atoms with Crippen molar-refractivity contribution < 1.29 is 19.8 Å². The molecule has 7 nitrogen and oxygen atoms in total. The van der Waals surface area contributed by atoms with Crippen LogP contribution in [0, 0.1) is 6.92 Å². The van der Waals surface area contributed by atoms with Crippen LogP contribution < -0.4 is 0 Å². The van der Waals surface area contributed by atoms with Crippen molar-refractivity contribution in [2.75, 3.05) is 0 Å². The van der Waals surface area contributed by atoms with Crippen molar-refractivity contribution in [1.82, 2.24) is 15.0 Å². The van der Waals surface area contributed by atoms with Gasteiger partial charge in [0.1, 0.15) is 0 Å². The third-order valence-corrected chi connectivity index (χ3v) is 4.75. The molecule has 0 aliphatic rings. The van der Waals surface area contributed by atoms with Crippen molar-refractivity contribution in [2.45, 2.75) is 6.92 Å². The fourth-order valence-corrected chi connectivity index (χ4v) is 3.11. The molecule has 152 valence electrons. The van der Waals surface area contributed by atoms with E-state index in [0.29, 0.717) is 22.8 Å². The summed E-state index contributed by atoms with van der Waals surface area (Å²) in [5.74, 6) is -2.12. The van der Waals surface area contributed by atoms with Crippen LogP contribution in [0.1, 0.15) is 26.3 Å². The zero-order valence-corrected chi connectivity index (χ0v) is 16.5. The Bertz CT molecular complexity index is 1220. The summed E-state index contributed by atoms with van der Waals surface area (Å²) < 4.78 is 0. The number of hydrogen-bond donors (Lipinski definition) is 2. The van der Waals surface area contributed by atoms with E-state index in [4.69, 9.17) is 0 Å². The summed E-state index contributed by atoms with van der Waals surface area (Å²) >= 11 is 0. The second kappa shape index (κ2) is 8.16. The van der Waals surface area contributed by atoms with E-state index in [2.05, 4.69) is 15.0 Å². The average molecular weight is 411 g/mol. The number of aryl methyl sites for hydroxylation is 1. The van der Waals surface area contributed by atoms with E-state index >= 15 is 0 Å². The van der Waals surface area contributed by atoms with Crippen molar-refractivity contribution in [3.8, 4) is 33.9 Å². The van der Waals surface area contributed by atoms with Gasteiger partial charge in [0.15, 0.2) is 0 Å². The highest BCUT2D eigenvalue weighted by Crippen LogP contribution is 2.29. The van der Waals surface area contributed by atoms with Gasteiger partial charge in [-0.3, -0.25) is 9.97 Å². The first kappa shape index (κ1) is 19.9. The van der Waals surface area contributed by atoms with Crippen LogP contribution in [0.3, 0.4) is 0 Å². The van der Waals surface area contributed by atoms with Gasteiger partial charge in [-0.2, -0.15) is 0 Å². The van der Waals surface area contributed by atoms with Crippen LogP contribution in [0.25, 0.3) is 33.9 Å². The number of aromatic nitrogens is 3. The summed E-state index contributed by atoms with van der Waals surface area (Å²) in [6, 6.07) is 17.3. The predicted octanol–water partition coefficient (Wildman–Crippen LogP) is 4.58. The number of pyridine rings is 3. The molecule has 0 radical (unpaired) electrons. The predicted molar refractivity (Wildman–Crippen MR) is 115 cm³/mol. The Labute approximate surface area is 177 Å². The van der Waals surface area contributed by atoms with Crippen molar-refractivity contribution in [3.05, 3.63) is 89.7 Å². The number of aromatic carboxylic acids is 2. The largest absolute Gasteiger partial charge is 0.478 e. The number of carbonyl (C=O) groups is 2. The highest BCUT2D eigenvalue weighted by atomic mass is 16.4. The summed E-state index contributed by atoms with van der Waals surface area (Å²) in [5, 5.41) is 18.6. The maximum absolute atomic E-state index is 11.4. The SMILES string of the molecule is Cc1ccc(-c2cc(-c3cc(C(=O)O)ccn3)nc(-c3cc(C(=O)O)ccn3)c2)cc1. The van der Waals surface area contributed by atoms with Gasteiger partial charge in [0, 0.05) is 12.4 Å². The van der Waals surface area contributed by atoms with E-state index in [-0.39, 0.29) is 11.1 Å². The Morgan fingerprint density at radius 3 is 1.58 bits per heavy atom. The molecule has 0 amide bonds. The molecule has 0 aliphatic heterocycles. The first-order chi connectivity index (χ1) is 14.9. The molecule has 0 spiro atoms. The van der Waals surface area contributed by atoms with Gasteiger partial charge < -0.3 is 10.2 Å². The summed E-state index contributed by atoms with van der Waals surface area (Å²) in [6.45, 7) is 2.00. The lowest BCUT2D eigenvalue weighted by Gasteiger charge is -2.10. The minimum atomic E-state index is -1.06. The van der Waals surface area contributed by atoms with E-state index in [0.717, 1.165) is 16.7 Å². The third kappa shape index (κ3) is 4.30. The van der Waals surface area contributed by atoms with E-state index in [1.165, 1.54) is 36.7 Å². The van der Waals surface area contributed by atoms with Crippen molar-refractivity contribution >= 4 is 11.9 Å². The maximum Gasteiger partial charge on any atom is 0.335 e. The molecule has 0 saturated carbocycles. The number of rotatable bonds is 5. The van der Waals surface area contributed by atoms with Gasteiger partial charge in [0.2, 0.25) is 0 Å². The number of benzene rings is 1. The summed E-state index contributed by atoms with van der Waals surface area (Å²) in [5.41, 5.74) is 4.76. The molecule has 7 heteroatoms. The summed E-state index contributed by atoms with van der Waals surface area (Å²) in [7, 11) is 0. The van der Waals surface area contributed by atoms with Crippen molar-refractivity contribution in [2.24, 2.45) is 0 Å². The molecule has 2 N–H and O–H groups in total. The Morgan fingerprint density at radius 1 is 0.645 bits per heavy atom. The molecule has 0 fully saturated rings. The normalized spacial score (nSPS) is 10.6. The van der Waals surface area contributed by atoms with E-state index in [1.54, 1.807) is 0 Å². The Morgan fingerprint density at radius 2 is 1.13 bits per heavy atom. The molecule has 0 aliphatic carbocycles. The second-order valence-electron chi connectivity index (χ2n) is 6.96. The highest BCUT2D eigenvalue weighted by Gasteiger charge is 2.14. The van der Waals surface area contributed by atoms with Crippen LogP contribution in [-0.4, -0.2) is 37.1 Å². The summed E-state index contributed by atoms with van der Waals surface area (Å²) in [4.78, 5) is 35.9. The van der Waals surface area contributed by atoms with Crippen molar-refractivity contribution in [3.63, 3.8) is 0 Å². The Hall–Kier alpha value is -4.39. The number of hydrogen-bond acceptors (Lipinski definition) is 5. The zero-order valence-electron chi connectivity index (χ0n) is 16.5. The molecule has 0 bridgehead atoms. The fourth-order valence-electron chi connectivity index (χ4n) is 3.11. The first-order valence-electron chi connectivity index (χ1n) is 9.39. The van der Waals surface area contributed by atoms with Crippen LogP contribution in [0.15, 0.2) is 73.1 Å². The maximum atomic E-state index is 11.4. The van der Waals surface area contributed by atoms with Crippen LogP contribution in [0.2, 0.25) is 0 Å². The lowest BCUT2D eigenvalue weighted by Crippen LogP contribution is -2.00. The van der Waals surface area contributed by atoms with Gasteiger partial charge in [-0.15, -0.1) is 0 Å². The van der Waals surface area contributed by atoms with E-state index in [1.807, 2.05) is 43.3 Å². The monoisotopic (exact) mass is 411 g/mol. The van der Waals surface area contributed by atoms with Gasteiger partial charge in [-0.05, 0) is 54.4 Å². The number of carboxylic acid groups (broad SMARTS) is 2. The third-order valence-electron chi connectivity index (χ3n) is 4.75. The van der Waals surface area contributed by atoms with Crippen molar-refractivity contribution in [1.29, 1.82) is 0 Å². The van der Waals surface area contributed by atoms with Gasteiger partial charge in [-0.25, -0.2) is 14.6 Å². The van der Waals surface area contributed by atoms with Crippen LogP contribution in [0.5, 0.6) is 0 Å². The highest BCUT2D eigenvalue weighted by molar-refractivity contribution is 5.90. The molecule has 4 rings (SSSR count). The van der Waals surface area contributed by atoms with E-state index < -0.39 is 11.9 Å². The molecular formula is C24H17N3O4. The van der Waals surface area contributed by atoms with Gasteiger partial charge >= 0.3 is 11.9 Å². The molecule has 1 aromatic carbocycles. The molecule has 31 heavy (non-hydrogen) atoms. The molecule has 3 aromatic heterocycles. The second-order valence-corrected chi connectivity index (χ2v) is 6.96. The fraction of sp³-hybridized carbons (Fsp3) is 0.0417. The smallest absolute Gasteiger partial charge is 0.335 e. The zero-order chi connectivity index (χ0) is 22.0. The molecule has 4 aromatic rings. The lowest BCUT2D eigenvalue weighted by atomic mass is 10.0. The molecule has 3 heterocycles.